The highest BCUT2D eigenvalue weighted by atomic mass is 19.4. The molecule has 1 unspecified atom stereocenters. The molecular weight excluding hydrogens is 408 g/mol. The number of anilines is 1. The van der Waals surface area contributed by atoms with Crippen LogP contribution < -0.4 is 11.1 Å². The fourth-order valence-corrected chi connectivity index (χ4v) is 2.81. The van der Waals surface area contributed by atoms with Crippen LogP contribution in [-0.2, 0) is 16.5 Å². The minimum absolute atomic E-state index is 0.000939. The fraction of sp³-hybridized carbons (Fsp3) is 0.278. The van der Waals surface area contributed by atoms with E-state index < -0.39 is 34.7 Å². The molecule has 2 aromatic heterocycles. The zero-order chi connectivity index (χ0) is 22.3. The minimum atomic E-state index is -4.79. The summed E-state index contributed by atoms with van der Waals surface area (Å²) in [6.45, 7) is 1.63. The molecule has 2 aromatic rings. The normalized spacial score (nSPS) is 19.5. The van der Waals surface area contributed by atoms with Crippen molar-refractivity contribution in [3.05, 3.63) is 53.4 Å². The molecule has 1 atom stereocenters. The topological polar surface area (TPSA) is 114 Å². The van der Waals surface area contributed by atoms with Crippen LogP contribution in [0.4, 0.5) is 23.2 Å². The number of amides is 2. The summed E-state index contributed by atoms with van der Waals surface area (Å²) in [5.74, 6) is -2.74. The number of hydrogen-bond acceptors (Lipinski definition) is 6. The van der Waals surface area contributed by atoms with Gasteiger partial charge in [0.2, 0.25) is 5.91 Å². The number of guanidine groups is 1. The first-order valence-corrected chi connectivity index (χ1v) is 8.53. The number of halogens is 4. The quantitative estimate of drug-likeness (QED) is 0.734. The summed E-state index contributed by atoms with van der Waals surface area (Å²) in [6, 6.07) is 2.99. The Morgan fingerprint density at radius 3 is 2.60 bits per heavy atom. The van der Waals surface area contributed by atoms with E-state index in [0.717, 1.165) is 0 Å². The molecule has 0 aliphatic carbocycles. The largest absolute Gasteiger partial charge is 0.417 e. The average molecular weight is 424 g/mol. The molecule has 0 saturated carbocycles. The number of carbonyl (C=O) groups excluding carboxylic acids is 2. The lowest BCUT2D eigenvalue weighted by atomic mass is 9.91. The van der Waals surface area contributed by atoms with E-state index in [1.54, 1.807) is 6.92 Å². The number of nitrogens with two attached hydrogens (primary N) is 1. The molecule has 12 heteroatoms. The zero-order valence-corrected chi connectivity index (χ0v) is 15.8. The van der Waals surface area contributed by atoms with Gasteiger partial charge in [-0.25, -0.2) is 14.4 Å². The molecule has 0 bridgehead atoms. The molecule has 0 saturated heterocycles. The van der Waals surface area contributed by atoms with E-state index in [2.05, 4.69) is 20.3 Å². The molecule has 3 rings (SSSR count). The molecule has 1 aliphatic rings. The van der Waals surface area contributed by atoms with Crippen molar-refractivity contribution < 1.29 is 27.2 Å². The van der Waals surface area contributed by atoms with E-state index in [9.17, 15) is 27.2 Å². The summed E-state index contributed by atoms with van der Waals surface area (Å²) in [5.41, 5.74) is 3.03. The highest BCUT2D eigenvalue weighted by Gasteiger charge is 2.37. The van der Waals surface area contributed by atoms with Crippen molar-refractivity contribution in [2.24, 2.45) is 10.7 Å². The van der Waals surface area contributed by atoms with Crippen molar-refractivity contribution in [2.75, 3.05) is 12.4 Å². The molecule has 0 fully saturated rings. The van der Waals surface area contributed by atoms with Gasteiger partial charge in [0.15, 0.2) is 17.5 Å². The number of rotatable bonds is 3. The Morgan fingerprint density at radius 2 is 2.00 bits per heavy atom. The predicted molar refractivity (Wildman–Crippen MR) is 97.7 cm³/mol. The molecule has 0 spiro atoms. The van der Waals surface area contributed by atoms with Crippen LogP contribution in [-0.4, -0.2) is 39.7 Å². The Balaban J connectivity index is 1.86. The van der Waals surface area contributed by atoms with E-state index >= 15 is 0 Å². The summed E-state index contributed by atoms with van der Waals surface area (Å²) in [7, 11) is 1.48. The molecule has 158 valence electrons. The van der Waals surface area contributed by atoms with Crippen LogP contribution in [0.5, 0.6) is 0 Å². The van der Waals surface area contributed by atoms with Crippen molar-refractivity contribution in [2.45, 2.75) is 25.1 Å². The van der Waals surface area contributed by atoms with Crippen LogP contribution >= 0.6 is 0 Å². The van der Waals surface area contributed by atoms with Crippen molar-refractivity contribution >= 4 is 23.5 Å². The number of pyridine rings is 2. The standard InChI is InChI=1S/C18H16F4N6O2/c1-17(7-13(29)28(2)16(23)27-17)12-6-10(3-4-24-12)26-15(30)14-11(19)5-9(8-25-14)18(20,21)22/h3-6,8H,7H2,1-2H3,(H2,23,27)(H,24,26,30). The number of nitrogens with one attached hydrogen (secondary N) is 1. The number of carbonyl (C=O) groups is 2. The SMILES string of the molecule is CN1C(=O)CC(C)(c2cc(NC(=O)c3ncc(C(F)(F)F)cc3F)ccn2)N=C1N. The summed E-state index contributed by atoms with van der Waals surface area (Å²) >= 11 is 0. The lowest BCUT2D eigenvalue weighted by Crippen LogP contribution is -2.47. The third-order valence-corrected chi connectivity index (χ3v) is 4.53. The Morgan fingerprint density at radius 1 is 1.30 bits per heavy atom. The van der Waals surface area contributed by atoms with Crippen LogP contribution in [0.1, 0.15) is 35.1 Å². The molecule has 3 N–H and O–H groups in total. The minimum Gasteiger partial charge on any atom is -0.369 e. The second-order valence-corrected chi connectivity index (χ2v) is 6.81. The molecule has 1 aliphatic heterocycles. The van der Waals surface area contributed by atoms with Crippen molar-refractivity contribution in [1.29, 1.82) is 0 Å². The summed E-state index contributed by atoms with van der Waals surface area (Å²) in [5, 5.41) is 2.35. The van der Waals surface area contributed by atoms with E-state index in [4.69, 9.17) is 5.73 Å². The van der Waals surface area contributed by atoms with E-state index in [-0.39, 0.29) is 30.0 Å². The van der Waals surface area contributed by atoms with E-state index in [1.807, 2.05) is 0 Å². The summed E-state index contributed by atoms with van der Waals surface area (Å²) in [6.07, 6.45) is -3.10. The Bertz CT molecular complexity index is 1060. The van der Waals surface area contributed by atoms with Gasteiger partial charge in [-0.15, -0.1) is 0 Å². The predicted octanol–water partition coefficient (Wildman–Crippen LogP) is 2.28. The molecule has 30 heavy (non-hydrogen) atoms. The van der Waals surface area contributed by atoms with Crippen LogP contribution in [0, 0.1) is 5.82 Å². The molecule has 2 amide bonds. The number of hydrogen-bond donors (Lipinski definition) is 2. The van der Waals surface area contributed by atoms with Crippen molar-refractivity contribution in [1.82, 2.24) is 14.9 Å². The molecular formula is C18H16F4N6O2. The van der Waals surface area contributed by atoms with E-state index in [0.29, 0.717) is 11.9 Å². The zero-order valence-electron chi connectivity index (χ0n) is 15.8. The van der Waals surface area contributed by atoms with Gasteiger partial charge < -0.3 is 11.1 Å². The number of aromatic nitrogens is 2. The van der Waals surface area contributed by atoms with Gasteiger partial charge >= 0.3 is 6.18 Å². The van der Waals surface area contributed by atoms with E-state index in [1.165, 1.54) is 30.3 Å². The highest BCUT2D eigenvalue weighted by Crippen LogP contribution is 2.33. The number of nitrogens with zero attached hydrogens (tertiary/aromatic N) is 4. The molecule has 0 radical (unpaired) electrons. The van der Waals surface area contributed by atoms with Gasteiger partial charge in [0.05, 0.1) is 17.7 Å². The number of alkyl halides is 3. The van der Waals surface area contributed by atoms with Crippen molar-refractivity contribution in [3.63, 3.8) is 0 Å². The Labute approximate surface area is 167 Å². The molecule has 8 nitrogen and oxygen atoms in total. The second-order valence-electron chi connectivity index (χ2n) is 6.81. The molecule has 3 heterocycles. The summed E-state index contributed by atoms with van der Waals surface area (Å²) in [4.78, 5) is 37.3. The third-order valence-electron chi connectivity index (χ3n) is 4.53. The van der Waals surface area contributed by atoms with Crippen molar-refractivity contribution in [3.8, 4) is 0 Å². The van der Waals surface area contributed by atoms with Gasteiger partial charge in [0.25, 0.3) is 5.91 Å². The Kier molecular flexibility index (Phi) is 5.18. The third kappa shape index (κ3) is 4.07. The van der Waals surface area contributed by atoms with Gasteiger partial charge in [-0.3, -0.25) is 19.5 Å². The van der Waals surface area contributed by atoms with Gasteiger partial charge in [0.1, 0.15) is 5.54 Å². The highest BCUT2D eigenvalue weighted by molar-refractivity contribution is 6.03. The first-order chi connectivity index (χ1) is 13.9. The lowest BCUT2D eigenvalue weighted by molar-refractivity contribution is -0.138. The maximum absolute atomic E-state index is 14.0. The average Bonchev–Trinajstić information content (AvgIpc) is 2.65. The second kappa shape index (κ2) is 7.35. The van der Waals surface area contributed by atoms with Crippen LogP contribution in [0.15, 0.2) is 35.6 Å². The first-order valence-electron chi connectivity index (χ1n) is 8.53. The Hall–Kier alpha value is -3.57. The van der Waals surface area contributed by atoms with Crippen LogP contribution in [0.25, 0.3) is 0 Å². The molecule has 0 aromatic carbocycles. The fourth-order valence-electron chi connectivity index (χ4n) is 2.81. The smallest absolute Gasteiger partial charge is 0.369 e. The maximum atomic E-state index is 14.0. The lowest BCUT2D eigenvalue weighted by Gasteiger charge is -2.32. The maximum Gasteiger partial charge on any atom is 0.417 e. The van der Waals surface area contributed by atoms with Crippen LogP contribution in [0.3, 0.4) is 0 Å². The van der Waals surface area contributed by atoms with Gasteiger partial charge in [-0.1, -0.05) is 0 Å². The van der Waals surface area contributed by atoms with Gasteiger partial charge in [0, 0.05) is 25.1 Å². The van der Waals surface area contributed by atoms with Gasteiger partial charge in [-0.05, 0) is 25.1 Å². The van der Waals surface area contributed by atoms with Gasteiger partial charge in [-0.2, -0.15) is 13.2 Å². The first kappa shape index (κ1) is 21.1. The summed E-state index contributed by atoms with van der Waals surface area (Å²) < 4.78 is 51.8. The van der Waals surface area contributed by atoms with Crippen LogP contribution in [0.2, 0.25) is 0 Å². The monoisotopic (exact) mass is 424 g/mol. The number of aliphatic imine (C=N–C) groups is 1.